The molecular weight excluding hydrogens is 388 g/mol. The lowest BCUT2D eigenvalue weighted by atomic mass is 9.67. The number of rotatable bonds is 5. The molecule has 0 unspecified atom stereocenters. The Balaban J connectivity index is 0.00000240. The standard InChI is InChI=1S/C23H34N2O3.ClH/c1-17-6-7-20(27-2)19(13-17)22(9-11-28-12-10-22)15-25-21(26)23-8-4-3-5-18(23)14-24-16-23;/h6-7,13,18,24H,3-5,8-12,14-16H2,1-2H3,(H,25,26);1H/t18-,23+;/m0./s1. The number of carbonyl (C=O) groups is 1. The van der Waals surface area contributed by atoms with E-state index in [-0.39, 0.29) is 29.1 Å². The van der Waals surface area contributed by atoms with E-state index in [1.54, 1.807) is 7.11 Å². The van der Waals surface area contributed by atoms with Crippen molar-refractivity contribution in [3.63, 3.8) is 0 Å². The first-order valence-corrected chi connectivity index (χ1v) is 10.8. The topological polar surface area (TPSA) is 59.6 Å². The highest BCUT2D eigenvalue weighted by atomic mass is 35.5. The number of hydrogen-bond acceptors (Lipinski definition) is 4. The fourth-order valence-corrected chi connectivity index (χ4v) is 5.66. The van der Waals surface area contributed by atoms with Gasteiger partial charge >= 0.3 is 0 Å². The number of methoxy groups -OCH3 is 1. The van der Waals surface area contributed by atoms with Crippen molar-refractivity contribution < 1.29 is 14.3 Å². The first-order chi connectivity index (χ1) is 13.6. The summed E-state index contributed by atoms with van der Waals surface area (Å²) in [6.07, 6.45) is 6.41. The van der Waals surface area contributed by atoms with E-state index in [9.17, 15) is 4.79 Å². The molecule has 5 nitrogen and oxygen atoms in total. The van der Waals surface area contributed by atoms with Gasteiger partial charge in [-0.25, -0.2) is 0 Å². The van der Waals surface area contributed by atoms with Crippen LogP contribution in [0.15, 0.2) is 18.2 Å². The minimum atomic E-state index is -0.207. The van der Waals surface area contributed by atoms with Crippen molar-refractivity contribution in [1.29, 1.82) is 0 Å². The Morgan fingerprint density at radius 2 is 2.07 bits per heavy atom. The van der Waals surface area contributed by atoms with Gasteiger partial charge in [-0.2, -0.15) is 0 Å². The normalized spacial score (nSPS) is 28.1. The molecule has 0 spiro atoms. The zero-order valence-electron chi connectivity index (χ0n) is 17.7. The molecule has 3 aliphatic rings. The lowest BCUT2D eigenvalue weighted by Crippen LogP contribution is -2.52. The smallest absolute Gasteiger partial charge is 0.227 e. The van der Waals surface area contributed by atoms with Crippen LogP contribution in [0.3, 0.4) is 0 Å². The molecule has 2 heterocycles. The molecule has 0 bridgehead atoms. The van der Waals surface area contributed by atoms with Crippen molar-refractivity contribution in [2.75, 3.05) is 40.0 Å². The third kappa shape index (κ3) is 4.14. The molecule has 1 aromatic carbocycles. The van der Waals surface area contributed by atoms with Gasteiger partial charge < -0.3 is 20.1 Å². The van der Waals surface area contributed by atoms with Gasteiger partial charge in [0.05, 0.1) is 12.5 Å². The van der Waals surface area contributed by atoms with Crippen LogP contribution < -0.4 is 15.4 Å². The Hall–Kier alpha value is -1.30. The summed E-state index contributed by atoms with van der Waals surface area (Å²) in [6, 6.07) is 6.37. The molecule has 0 aromatic heterocycles. The average Bonchev–Trinajstić information content (AvgIpc) is 3.18. The lowest BCUT2D eigenvalue weighted by molar-refractivity contribution is -0.134. The molecule has 3 fully saturated rings. The van der Waals surface area contributed by atoms with Crippen molar-refractivity contribution >= 4 is 18.3 Å². The highest BCUT2D eigenvalue weighted by molar-refractivity contribution is 5.85. The zero-order valence-corrected chi connectivity index (χ0v) is 18.5. The van der Waals surface area contributed by atoms with E-state index in [0.717, 1.165) is 57.7 Å². The summed E-state index contributed by atoms with van der Waals surface area (Å²) >= 11 is 0. The maximum atomic E-state index is 13.4. The van der Waals surface area contributed by atoms with Crippen LogP contribution in [-0.2, 0) is 14.9 Å². The monoisotopic (exact) mass is 422 g/mol. The molecule has 6 heteroatoms. The van der Waals surface area contributed by atoms with E-state index < -0.39 is 0 Å². The summed E-state index contributed by atoms with van der Waals surface area (Å²) < 4.78 is 11.4. The van der Waals surface area contributed by atoms with E-state index in [4.69, 9.17) is 9.47 Å². The van der Waals surface area contributed by atoms with E-state index >= 15 is 0 Å². The molecule has 1 aromatic rings. The van der Waals surface area contributed by atoms with Gasteiger partial charge in [0.25, 0.3) is 0 Å². The number of halogens is 1. The number of aryl methyl sites for hydroxylation is 1. The molecule has 2 saturated heterocycles. The molecule has 0 radical (unpaired) electrons. The van der Waals surface area contributed by atoms with E-state index in [0.29, 0.717) is 12.5 Å². The summed E-state index contributed by atoms with van der Waals surface area (Å²) in [7, 11) is 1.73. The van der Waals surface area contributed by atoms with Crippen LogP contribution in [0.25, 0.3) is 0 Å². The molecule has 2 aliphatic heterocycles. The number of fused-ring (bicyclic) bond motifs is 1. The van der Waals surface area contributed by atoms with Gasteiger partial charge in [-0.1, -0.05) is 30.5 Å². The van der Waals surface area contributed by atoms with Crippen LogP contribution in [0.1, 0.15) is 49.7 Å². The Labute approximate surface area is 180 Å². The largest absolute Gasteiger partial charge is 0.496 e. The summed E-state index contributed by atoms with van der Waals surface area (Å²) in [5, 5.41) is 6.89. The molecule has 29 heavy (non-hydrogen) atoms. The fraction of sp³-hybridized carbons (Fsp3) is 0.696. The predicted molar refractivity (Wildman–Crippen MR) is 117 cm³/mol. The Bertz CT molecular complexity index is 720. The van der Waals surface area contributed by atoms with E-state index in [2.05, 4.69) is 35.8 Å². The summed E-state index contributed by atoms with van der Waals surface area (Å²) in [6.45, 7) is 6.03. The molecule has 4 rings (SSSR count). The first kappa shape index (κ1) is 22.4. The third-order valence-electron chi connectivity index (χ3n) is 7.45. The van der Waals surface area contributed by atoms with E-state index in [1.165, 1.54) is 24.0 Å². The van der Waals surface area contributed by atoms with Gasteiger partial charge in [0.2, 0.25) is 5.91 Å². The van der Waals surface area contributed by atoms with Crippen molar-refractivity contribution in [2.45, 2.75) is 50.9 Å². The van der Waals surface area contributed by atoms with E-state index in [1.807, 2.05) is 0 Å². The van der Waals surface area contributed by atoms with Gasteiger partial charge in [-0.3, -0.25) is 4.79 Å². The number of nitrogens with one attached hydrogen (secondary N) is 2. The van der Waals surface area contributed by atoms with Crippen molar-refractivity contribution in [3.05, 3.63) is 29.3 Å². The average molecular weight is 423 g/mol. The number of amides is 1. The Morgan fingerprint density at radius 1 is 1.28 bits per heavy atom. The number of carbonyl (C=O) groups excluding carboxylic acids is 1. The first-order valence-electron chi connectivity index (χ1n) is 10.8. The van der Waals surface area contributed by atoms with Gasteiger partial charge in [0, 0.05) is 37.3 Å². The van der Waals surface area contributed by atoms with Crippen LogP contribution in [0.4, 0.5) is 0 Å². The molecule has 1 aliphatic carbocycles. The third-order valence-corrected chi connectivity index (χ3v) is 7.45. The van der Waals surface area contributed by atoms with Gasteiger partial charge in [0.1, 0.15) is 5.75 Å². The zero-order chi connectivity index (χ0) is 19.6. The molecule has 1 amide bonds. The van der Waals surface area contributed by atoms with Crippen LogP contribution in [0.5, 0.6) is 5.75 Å². The highest BCUT2D eigenvalue weighted by Crippen LogP contribution is 2.45. The molecular formula is C23H35ClN2O3. The Kier molecular flexibility index (Phi) is 7.13. The highest BCUT2D eigenvalue weighted by Gasteiger charge is 2.50. The quantitative estimate of drug-likeness (QED) is 0.763. The van der Waals surface area contributed by atoms with Crippen LogP contribution in [-0.4, -0.2) is 45.9 Å². The summed E-state index contributed by atoms with van der Waals surface area (Å²) in [4.78, 5) is 13.4. The number of benzene rings is 1. The summed E-state index contributed by atoms with van der Waals surface area (Å²) in [5.74, 6) is 1.65. The predicted octanol–water partition coefficient (Wildman–Crippen LogP) is 3.37. The van der Waals surface area contributed by atoms with Crippen LogP contribution in [0.2, 0.25) is 0 Å². The summed E-state index contributed by atoms with van der Waals surface area (Å²) in [5.41, 5.74) is 2.10. The maximum Gasteiger partial charge on any atom is 0.227 e. The van der Waals surface area contributed by atoms with Crippen LogP contribution >= 0.6 is 12.4 Å². The molecule has 2 N–H and O–H groups in total. The molecule has 1 saturated carbocycles. The molecule has 162 valence electrons. The maximum absolute atomic E-state index is 13.4. The van der Waals surface area contributed by atoms with Gasteiger partial charge in [-0.15, -0.1) is 12.4 Å². The van der Waals surface area contributed by atoms with Crippen molar-refractivity contribution in [2.24, 2.45) is 11.3 Å². The lowest BCUT2D eigenvalue weighted by Gasteiger charge is -2.41. The van der Waals surface area contributed by atoms with Crippen molar-refractivity contribution in [1.82, 2.24) is 10.6 Å². The van der Waals surface area contributed by atoms with Gasteiger partial charge in [-0.05, 0) is 51.1 Å². The second-order valence-electron chi connectivity index (χ2n) is 9.01. The minimum absolute atomic E-state index is 0. The number of ether oxygens (including phenoxy) is 2. The SMILES string of the molecule is COc1ccc(C)cc1C1(CNC(=O)[C@@]23CCCC[C@H]2CNC3)CCOCC1.Cl. The minimum Gasteiger partial charge on any atom is -0.496 e. The second kappa shape index (κ2) is 9.23. The van der Waals surface area contributed by atoms with Crippen LogP contribution in [0, 0.1) is 18.3 Å². The Morgan fingerprint density at radius 3 is 2.83 bits per heavy atom. The van der Waals surface area contributed by atoms with Crippen molar-refractivity contribution in [3.8, 4) is 5.75 Å². The fourth-order valence-electron chi connectivity index (χ4n) is 5.66. The molecule has 2 atom stereocenters. The number of hydrogen-bond donors (Lipinski definition) is 2. The second-order valence-corrected chi connectivity index (χ2v) is 9.01. The van der Waals surface area contributed by atoms with Gasteiger partial charge in [0.15, 0.2) is 0 Å².